The molecule has 2 aromatic carbocycles. The second-order valence-corrected chi connectivity index (χ2v) is 9.61. The highest BCUT2D eigenvalue weighted by Crippen LogP contribution is 2.37. The van der Waals surface area contributed by atoms with Gasteiger partial charge in [0.15, 0.2) is 0 Å². The molecular formula is C28H25ClN4O4. The van der Waals surface area contributed by atoms with Crippen LogP contribution >= 0.6 is 11.6 Å². The Morgan fingerprint density at radius 3 is 2.62 bits per heavy atom. The first-order chi connectivity index (χ1) is 18.1. The first-order valence-electron chi connectivity index (χ1n) is 12.2. The molecule has 2 aromatic heterocycles. The van der Waals surface area contributed by atoms with Gasteiger partial charge in [-0.1, -0.05) is 41.9 Å². The van der Waals surface area contributed by atoms with Gasteiger partial charge in [-0.15, -0.1) is 0 Å². The van der Waals surface area contributed by atoms with Crippen LogP contribution in [0.15, 0.2) is 81.2 Å². The Morgan fingerprint density at radius 1 is 1.05 bits per heavy atom. The summed E-state index contributed by atoms with van der Waals surface area (Å²) in [6, 6.07) is 18.3. The Bertz CT molecular complexity index is 1530. The molecule has 6 rings (SSSR count). The van der Waals surface area contributed by atoms with E-state index in [0.29, 0.717) is 60.3 Å². The van der Waals surface area contributed by atoms with Crippen molar-refractivity contribution in [3.8, 4) is 11.1 Å². The van der Waals surface area contributed by atoms with Gasteiger partial charge in [0, 0.05) is 41.0 Å². The SMILES string of the molecule is O=C(CN1CCOCC1)N1N=C(c2c(-c3ccccc3)c3cc(Cl)ccc3[nH]c2=O)C[C@@H]1c1ccco1. The van der Waals surface area contributed by atoms with Gasteiger partial charge in [0.1, 0.15) is 11.8 Å². The number of fused-ring (bicyclic) bond motifs is 1. The highest BCUT2D eigenvalue weighted by molar-refractivity contribution is 6.31. The molecule has 0 bridgehead atoms. The van der Waals surface area contributed by atoms with Gasteiger partial charge in [0.05, 0.1) is 37.3 Å². The summed E-state index contributed by atoms with van der Waals surface area (Å²) in [6.45, 7) is 2.78. The van der Waals surface area contributed by atoms with Crippen LogP contribution in [-0.4, -0.2) is 59.4 Å². The van der Waals surface area contributed by atoms with Crippen LogP contribution < -0.4 is 5.56 Å². The van der Waals surface area contributed by atoms with Crippen molar-refractivity contribution in [1.29, 1.82) is 0 Å². The third-order valence-corrected chi connectivity index (χ3v) is 7.06. The summed E-state index contributed by atoms with van der Waals surface area (Å²) in [4.78, 5) is 32.1. The minimum Gasteiger partial charge on any atom is -0.467 e. The van der Waals surface area contributed by atoms with Crippen molar-refractivity contribution in [2.75, 3.05) is 32.8 Å². The van der Waals surface area contributed by atoms with E-state index in [4.69, 9.17) is 25.9 Å². The Balaban J connectivity index is 1.48. The summed E-state index contributed by atoms with van der Waals surface area (Å²) >= 11 is 6.38. The number of pyridine rings is 1. The third-order valence-electron chi connectivity index (χ3n) is 6.83. The largest absolute Gasteiger partial charge is 0.467 e. The summed E-state index contributed by atoms with van der Waals surface area (Å²) in [7, 11) is 0. The molecule has 4 aromatic rings. The highest BCUT2D eigenvalue weighted by atomic mass is 35.5. The van der Waals surface area contributed by atoms with E-state index in [1.54, 1.807) is 24.5 Å². The molecule has 1 N–H and O–H groups in total. The zero-order valence-corrected chi connectivity index (χ0v) is 20.8. The summed E-state index contributed by atoms with van der Waals surface area (Å²) in [5.74, 6) is 0.468. The molecule has 1 fully saturated rings. The molecule has 1 atom stereocenters. The Morgan fingerprint density at radius 2 is 1.86 bits per heavy atom. The van der Waals surface area contributed by atoms with Crippen LogP contribution in [0.4, 0.5) is 0 Å². The molecule has 2 aliphatic heterocycles. The quantitative estimate of drug-likeness (QED) is 0.423. The molecule has 37 heavy (non-hydrogen) atoms. The zero-order chi connectivity index (χ0) is 25.4. The number of nitrogens with one attached hydrogen (secondary N) is 1. The maximum atomic E-state index is 13.6. The monoisotopic (exact) mass is 516 g/mol. The van der Waals surface area contributed by atoms with E-state index < -0.39 is 6.04 Å². The van der Waals surface area contributed by atoms with Gasteiger partial charge in [-0.05, 0) is 35.9 Å². The van der Waals surface area contributed by atoms with Crippen molar-refractivity contribution >= 4 is 34.1 Å². The van der Waals surface area contributed by atoms with Crippen LogP contribution in [-0.2, 0) is 9.53 Å². The Kier molecular flexibility index (Phi) is 6.38. The van der Waals surface area contributed by atoms with Gasteiger partial charge < -0.3 is 14.1 Å². The van der Waals surface area contributed by atoms with E-state index in [0.717, 1.165) is 16.5 Å². The number of furan rings is 1. The number of halogens is 1. The van der Waals surface area contributed by atoms with Crippen LogP contribution in [0.25, 0.3) is 22.0 Å². The lowest BCUT2D eigenvalue weighted by Gasteiger charge is -2.28. The number of carbonyl (C=O) groups is 1. The van der Waals surface area contributed by atoms with E-state index in [-0.39, 0.29) is 18.0 Å². The molecule has 0 unspecified atom stereocenters. The van der Waals surface area contributed by atoms with Gasteiger partial charge in [-0.3, -0.25) is 14.5 Å². The molecule has 1 amide bonds. The van der Waals surface area contributed by atoms with Crippen LogP contribution in [0.1, 0.15) is 23.8 Å². The lowest BCUT2D eigenvalue weighted by molar-refractivity contribution is -0.135. The summed E-state index contributed by atoms with van der Waals surface area (Å²) in [5, 5.41) is 7.61. The smallest absolute Gasteiger partial charge is 0.258 e. The van der Waals surface area contributed by atoms with Gasteiger partial charge in [-0.25, -0.2) is 5.01 Å². The minimum absolute atomic E-state index is 0.153. The number of amides is 1. The fraction of sp³-hybridized carbons (Fsp3) is 0.250. The average Bonchev–Trinajstić information content (AvgIpc) is 3.60. The molecular weight excluding hydrogens is 492 g/mol. The second-order valence-electron chi connectivity index (χ2n) is 9.17. The molecule has 0 saturated carbocycles. The van der Waals surface area contributed by atoms with Crippen LogP contribution in [0, 0.1) is 0 Å². The van der Waals surface area contributed by atoms with Crippen molar-refractivity contribution in [2.24, 2.45) is 5.10 Å². The number of ether oxygens (including phenoxy) is 1. The minimum atomic E-state index is -0.448. The standard InChI is InChI=1S/C28H25ClN4O4/c29-19-8-9-21-20(15-19)26(18-5-2-1-3-6-18)27(28(35)30-21)22-16-23(24-7-4-12-37-24)33(31-22)25(34)17-32-10-13-36-14-11-32/h1-9,12,15,23H,10-11,13-14,16-17H2,(H,30,35)/t23-/m1/s1. The van der Waals surface area contributed by atoms with Crippen LogP contribution in [0.3, 0.4) is 0 Å². The number of hydrazone groups is 1. The number of rotatable bonds is 5. The molecule has 0 aliphatic carbocycles. The number of hydrogen-bond acceptors (Lipinski definition) is 6. The van der Waals surface area contributed by atoms with E-state index in [9.17, 15) is 9.59 Å². The molecule has 0 radical (unpaired) electrons. The summed E-state index contributed by atoms with van der Waals surface area (Å²) < 4.78 is 11.1. The first kappa shape index (κ1) is 23.7. The number of benzene rings is 2. The fourth-order valence-electron chi connectivity index (χ4n) is 5.06. The van der Waals surface area contributed by atoms with Gasteiger partial charge in [-0.2, -0.15) is 5.10 Å². The molecule has 1 saturated heterocycles. The number of aromatic nitrogens is 1. The normalized spacial score (nSPS) is 18.4. The van der Waals surface area contributed by atoms with Gasteiger partial charge in [0.2, 0.25) is 0 Å². The van der Waals surface area contributed by atoms with E-state index in [1.807, 2.05) is 42.5 Å². The molecule has 0 spiro atoms. The number of aromatic amines is 1. The van der Waals surface area contributed by atoms with E-state index in [2.05, 4.69) is 9.88 Å². The summed E-state index contributed by atoms with van der Waals surface area (Å²) in [5.41, 5.74) is 2.97. The van der Waals surface area contributed by atoms with Crippen molar-refractivity contribution in [3.05, 3.63) is 93.6 Å². The molecule has 188 valence electrons. The highest BCUT2D eigenvalue weighted by Gasteiger charge is 2.37. The van der Waals surface area contributed by atoms with E-state index >= 15 is 0 Å². The van der Waals surface area contributed by atoms with Crippen molar-refractivity contribution in [2.45, 2.75) is 12.5 Å². The number of morpholine rings is 1. The predicted molar refractivity (Wildman–Crippen MR) is 142 cm³/mol. The Labute approximate surface area is 218 Å². The van der Waals surface area contributed by atoms with Crippen molar-refractivity contribution in [3.63, 3.8) is 0 Å². The molecule has 9 heteroatoms. The average molecular weight is 517 g/mol. The molecule has 8 nitrogen and oxygen atoms in total. The lowest BCUT2D eigenvalue weighted by atomic mass is 9.92. The summed E-state index contributed by atoms with van der Waals surface area (Å²) in [6.07, 6.45) is 1.93. The number of hydrogen-bond donors (Lipinski definition) is 1. The Hall–Kier alpha value is -3.72. The fourth-order valence-corrected chi connectivity index (χ4v) is 5.23. The van der Waals surface area contributed by atoms with Crippen LogP contribution in [0.2, 0.25) is 5.02 Å². The van der Waals surface area contributed by atoms with Gasteiger partial charge >= 0.3 is 0 Å². The second kappa shape index (κ2) is 9.97. The first-order valence-corrected chi connectivity index (χ1v) is 12.6. The zero-order valence-electron chi connectivity index (χ0n) is 20.0. The van der Waals surface area contributed by atoms with Crippen LogP contribution in [0.5, 0.6) is 0 Å². The number of nitrogens with zero attached hydrogens (tertiary/aromatic N) is 3. The lowest BCUT2D eigenvalue weighted by Crippen LogP contribution is -2.43. The topological polar surface area (TPSA) is 91.1 Å². The third kappa shape index (κ3) is 4.59. The van der Waals surface area contributed by atoms with Gasteiger partial charge in [0.25, 0.3) is 11.5 Å². The number of carbonyl (C=O) groups excluding carboxylic acids is 1. The maximum absolute atomic E-state index is 13.6. The molecule has 4 heterocycles. The number of H-pyrrole nitrogens is 1. The predicted octanol–water partition coefficient (Wildman–Crippen LogP) is 4.45. The van der Waals surface area contributed by atoms with E-state index in [1.165, 1.54) is 5.01 Å². The maximum Gasteiger partial charge on any atom is 0.258 e. The van der Waals surface area contributed by atoms with Crippen molar-refractivity contribution < 1.29 is 13.9 Å². The molecule has 2 aliphatic rings. The van der Waals surface area contributed by atoms with Crippen molar-refractivity contribution in [1.82, 2.24) is 14.9 Å².